The fourth-order valence-electron chi connectivity index (χ4n) is 1.53. The highest BCUT2D eigenvalue weighted by Crippen LogP contribution is 2.29. The molecule has 0 saturated heterocycles. The lowest BCUT2D eigenvalue weighted by molar-refractivity contribution is 0.0531. The molecule has 0 spiro atoms. The molecule has 0 fully saturated rings. The zero-order valence-corrected chi connectivity index (χ0v) is 11.6. The van der Waals surface area contributed by atoms with E-state index in [1.54, 1.807) is 19.9 Å². The minimum atomic E-state index is -0.319. The number of hydrogen-bond acceptors (Lipinski definition) is 4. The van der Waals surface area contributed by atoms with Gasteiger partial charge < -0.3 is 4.74 Å². The van der Waals surface area contributed by atoms with E-state index in [1.807, 2.05) is 18.2 Å². The van der Waals surface area contributed by atoms with Gasteiger partial charge in [0.05, 0.1) is 12.3 Å². The molecule has 1 heterocycles. The standard InChI is InChI=1S/C13H12ClNO2S/c1-3-17-13(16)11-8(2)15-12(18-11)9-5-4-6-10(14)7-9/h4-7H,3H2,1-2H3. The number of esters is 1. The van der Waals surface area contributed by atoms with Crippen LogP contribution in [0.4, 0.5) is 0 Å². The normalized spacial score (nSPS) is 10.4. The van der Waals surface area contributed by atoms with Crippen molar-refractivity contribution in [2.24, 2.45) is 0 Å². The molecule has 5 heteroatoms. The summed E-state index contributed by atoms with van der Waals surface area (Å²) in [6.45, 7) is 3.95. The summed E-state index contributed by atoms with van der Waals surface area (Å²) in [6, 6.07) is 7.41. The Morgan fingerprint density at radius 3 is 2.94 bits per heavy atom. The average Bonchev–Trinajstić information content (AvgIpc) is 2.72. The third-order valence-corrected chi connectivity index (χ3v) is 3.75. The molecule has 2 aromatic rings. The molecule has 0 amide bonds. The van der Waals surface area contributed by atoms with E-state index < -0.39 is 0 Å². The molecule has 94 valence electrons. The quantitative estimate of drug-likeness (QED) is 0.800. The number of carbonyl (C=O) groups excluding carboxylic acids is 1. The predicted molar refractivity (Wildman–Crippen MR) is 73.3 cm³/mol. The molecule has 18 heavy (non-hydrogen) atoms. The maximum absolute atomic E-state index is 11.7. The van der Waals surface area contributed by atoms with Crippen LogP contribution in [-0.4, -0.2) is 17.6 Å². The van der Waals surface area contributed by atoms with Crippen LogP contribution >= 0.6 is 22.9 Å². The molecule has 3 nitrogen and oxygen atoms in total. The number of ether oxygens (including phenoxy) is 1. The number of aromatic nitrogens is 1. The van der Waals surface area contributed by atoms with E-state index in [2.05, 4.69) is 4.98 Å². The first-order chi connectivity index (χ1) is 8.61. The number of halogens is 1. The van der Waals surface area contributed by atoms with Gasteiger partial charge in [0.15, 0.2) is 0 Å². The summed E-state index contributed by atoms with van der Waals surface area (Å²) >= 11 is 7.26. The maximum Gasteiger partial charge on any atom is 0.350 e. The van der Waals surface area contributed by atoms with E-state index in [1.165, 1.54) is 11.3 Å². The molecule has 0 unspecified atom stereocenters. The summed E-state index contributed by atoms with van der Waals surface area (Å²) in [5, 5.41) is 1.43. The van der Waals surface area contributed by atoms with E-state index in [4.69, 9.17) is 16.3 Å². The first-order valence-corrected chi connectivity index (χ1v) is 6.71. The predicted octanol–water partition coefficient (Wildman–Crippen LogP) is 3.95. The van der Waals surface area contributed by atoms with Crippen molar-refractivity contribution in [1.82, 2.24) is 4.98 Å². The fraction of sp³-hybridized carbons (Fsp3) is 0.231. The lowest BCUT2D eigenvalue weighted by atomic mass is 10.2. The molecular weight excluding hydrogens is 270 g/mol. The molecule has 0 saturated carbocycles. The summed E-state index contributed by atoms with van der Waals surface area (Å²) < 4.78 is 4.99. The van der Waals surface area contributed by atoms with Crippen LogP contribution < -0.4 is 0 Å². The van der Waals surface area contributed by atoms with Gasteiger partial charge in [0.25, 0.3) is 0 Å². The lowest BCUT2D eigenvalue weighted by Gasteiger charge is -1.98. The van der Waals surface area contributed by atoms with Gasteiger partial charge in [-0.05, 0) is 26.0 Å². The second-order valence-corrected chi connectivity index (χ2v) is 5.10. The van der Waals surface area contributed by atoms with Gasteiger partial charge in [0, 0.05) is 10.6 Å². The van der Waals surface area contributed by atoms with Crippen molar-refractivity contribution in [2.75, 3.05) is 6.61 Å². The van der Waals surface area contributed by atoms with Gasteiger partial charge in [0.2, 0.25) is 0 Å². The Hall–Kier alpha value is -1.39. The van der Waals surface area contributed by atoms with Gasteiger partial charge in [-0.1, -0.05) is 23.7 Å². The first-order valence-electron chi connectivity index (χ1n) is 5.52. The highest BCUT2D eigenvalue weighted by Gasteiger charge is 2.17. The summed E-state index contributed by atoms with van der Waals surface area (Å²) in [4.78, 5) is 16.6. The Bertz CT molecular complexity index is 580. The summed E-state index contributed by atoms with van der Waals surface area (Å²) in [5.41, 5.74) is 1.60. The topological polar surface area (TPSA) is 39.2 Å². The molecule has 0 radical (unpaired) electrons. The maximum atomic E-state index is 11.7. The number of aryl methyl sites for hydroxylation is 1. The van der Waals surface area contributed by atoms with Crippen molar-refractivity contribution in [1.29, 1.82) is 0 Å². The van der Waals surface area contributed by atoms with Crippen LogP contribution in [0.25, 0.3) is 10.6 Å². The minimum absolute atomic E-state index is 0.319. The Balaban J connectivity index is 2.37. The molecule has 0 aliphatic heterocycles. The van der Waals surface area contributed by atoms with Crippen molar-refractivity contribution < 1.29 is 9.53 Å². The van der Waals surface area contributed by atoms with Crippen LogP contribution in [0.5, 0.6) is 0 Å². The summed E-state index contributed by atoms with van der Waals surface area (Å²) in [7, 11) is 0. The number of nitrogens with zero attached hydrogens (tertiary/aromatic N) is 1. The molecule has 0 aliphatic carbocycles. The van der Waals surface area contributed by atoms with E-state index in [9.17, 15) is 4.79 Å². The number of thiazole rings is 1. The Kier molecular flexibility index (Phi) is 3.99. The van der Waals surface area contributed by atoms with Crippen molar-refractivity contribution >= 4 is 28.9 Å². The zero-order chi connectivity index (χ0) is 13.1. The number of carbonyl (C=O) groups is 1. The molecular formula is C13H12ClNO2S. The molecule has 0 aliphatic rings. The number of benzene rings is 1. The zero-order valence-electron chi connectivity index (χ0n) is 10.1. The summed E-state index contributed by atoms with van der Waals surface area (Å²) in [5.74, 6) is -0.319. The Morgan fingerprint density at radius 1 is 1.50 bits per heavy atom. The van der Waals surface area contributed by atoms with Crippen LogP contribution in [0.3, 0.4) is 0 Å². The molecule has 1 aromatic carbocycles. The van der Waals surface area contributed by atoms with E-state index in [0.29, 0.717) is 22.2 Å². The van der Waals surface area contributed by atoms with Gasteiger partial charge in [-0.3, -0.25) is 0 Å². The Morgan fingerprint density at radius 2 is 2.28 bits per heavy atom. The highest BCUT2D eigenvalue weighted by atomic mass is 35.5. The number of rotatable bonds is 3. The smallest absolute Gasteiger partial charge is 0.350 e. The van der Waals surface area contributed by atoms with E-state index >= 15 is 0 Å². The first kappa shape index (κ1) is 13.1. The van der Waals surface area contributed by atoms with Crippen molar-refractivity contribution in [3.8, 4) is 10.6 Å². The highest BCUT2D eigenvalue weighted by molar-refractivity contribution is 7.17. The van der Waals surface area contributed by atoms with Crippen molar-refractivity contribution in [2.45, 2.75) is 13.8 Å². The second-order valence-electron chi connectivity index (χ2n) is 3.66. The van der Waals surface area contributed by atoms with Gasteiger partial charge in [0.1, 0.15) is 9.88 Å². The third kappa shape index (κ3) is 2.71. The lowest BCUT2D eigenvalue weighted by Crippen LogP contribution is -2.03. The molecule has 0 N–H and O–H groups in total. The van der Waals surface area contributed by atoms with E-state index in [0.717, 1.165) is 10.6 Å². The van der Waals surface area contributed by atoms with Crippen molar-refractivity contribution in [3.63, 3.8) is 0 Å². The molecule has 1 aromatic heterocycles. The SMILES string of the molecule is CCOC(=O)c1sc(-c2cccc(Cl)c2)nc1C. The molecule has 2 rings (SSSR count). The third-order valence-electron chi connectivity index (χ3n) is 2.33. The van der Waals surface area contributed by atoms with Crippen molar-refractivity contribution in [3.05, 3.63) is 39.9 Å². The molecule has 0 bridgehead atoms. The fourth-order valence-corrected chi connectivity index (χ4v) is 2.67. The Labute approximate surface area is 114 Å². The average molecular weight is 282 g/mol. The number of hydrogen-bond donors (Lipinski definition) is 0. The van der Waals surface area contributed by atoms with Gasteiger partial charge >= 0.3 is 5.97 Å². The monoisotopic (exact) mass is 281 g/mol. The van der Waals surface area contributed by atoms with Crippen LogP contribution in [0.1, 0.15) is 22.3 Å². The largest absolute Gasteiger partial charge is 0.462 e. The van der Waals surface area contributed by atoms with Crippen LogP contribution in [-0.2, 0) is 4.74 Å². The second kappa shape index (κ2) is 5.50. The summed E-state index contributed by atoms with van der Waals surface area (Å²) in [6.07, 6.45) is 0. The van der Waals surface area contributed by atoms with E-state index in [-0.39, 0.29) is 5.97 Å². The van der Waals surface area contributed by atoms with Crippen LogP contribution in [0, 0.1) is 6.92 Å². The van der Waals surface area contributed by atoms with Gasteiger partial charge in [-0.25, -0.2) is 9.78 Å². The minimum Gasteiger partial charge on any atom is -0.462 e. The van der Waals surface area contributed by atoms with Crippen LogP contribution in [0.2, 0.25) is 5.02 Å². The van der Waals surface area contributed by atoms with Gasteiger partial charge in [-0.2, -0.15) is 0 Å². The van der Waals surface area contributed by atoms with Crippen LogP contribution in [0.15, 0.2) is 24.3 Å². The molecule has 0 atom stereocenters. The van der Waals surface area contributed by atoms with Gasteiger partial charge in [-0.15, -0.1) is 11.3 Å².